The summed E-state index contributed by atoms with van der Waals surface area (Å²) >= 11 is 19.2. The fraction of sp³-hybridized carbons (Fsp3) is 0.364. The van der Waals surface area contributed by atoms with Gasteiger partial charge in [0.1, 0.15) is 0 Å². The van der Waals surface area contributed by atoms with Gasteiger partial charge in [-0.2, -0.15) is 0 Å². The number of carbonyl (C=O) groups excluding carboxylic acids is 2. The molecule has 0 N–H and O–H groups in total. The number of hydrogen-bond donors (Lipinski definition) is 0. The monoisotopic (exact) mass is 485 g/mol. The lowest BCUT2D eigenvalue weighted by Crippen LogP contribution is -2.41. The molecule has 0 unspecified atom stereocenters. The fourth-order valence-corrected chi connectivity index (χ4v) is 4.87. The van der Waals surface area contributed by atoms with Crippen LogP contribution in [0.1, 0.15) is 18.4 Å². The predicted octanol–water partition coefficient (Wildman–Crippen LogP) is 5.76. The Kier molecular flexibility index (Phi) is 8.75. The van der Waals surface area contributed by atoms with Crippen LogP contribution in [0.3, 0.4) is 0 Å². The Bertz CT molecular complexity index is 887. The van der Waals surface area contributed by atoms with Crippen molar-refractivity contribution >= 4 is 58.4 Å². The van der Waals surface area contributed by atoms with Crippen LogP contribution in [0.25, 0.3) is 0 Å². The number of thioether (sulfide) groups is 1. The number of likely N-dealkylation sites (tertiary alicyclic amines) is 1. The van der Waals surface area contributed by atoms with Crippen molar-refractivity contribution in [3.63, 3.8) is 0 Å². The van der Waals surface area contributed by atoms with Gasteiger partial charge >= 0.3 is 5.97 Å². The normalized spacial score (nSPS) is 14.6. The first kappa shape index (κ1) is 23.3. The third kappa shape index (κ3) is 6.55. The molecule has 1 aliphatic heterocycles. The van der Waals surface area contributed by atoms with Gasteiger partial charge in [-0.3, -0.25) is 9.59 Å². The second-order valence-electron chi connectivity index (χ2n) is 7.14. The van der Waals surface area contributed by atoms with Crippen LogP contribution in [0.4, 0.5) is 0 Å². The molecule has 1 aliphatic rings. The van der Waals surface area contributed by atoms with Crippen molar-refractivity contribution in [2.24, 2.45) is 5.92 Å². The maximum atomic E-state index is 12.4. The van der Waals surface area contributed by atoms with E-state index in [9.17, 15) is 9.59 Å². The molecule has 0 aliphatic carbocycles. The quantitative estimate of drug-likeness (QED) is 0.283. The van der Waals surface area contributed by atoms with E-state index in [1.54, 1.807) is 17.0 Å². The van der Waals surface area contributed by atoms with Crippen molar-refractivity contribution in [2.45, 2.75) is 24.2 Å². The zero-order chi connectivity index (χ0) is 21.5. The first-order chi connectivity index (χ1) is 14.4. The van der Waals surface area contributed by atoms with Crippen LogP contribution in [-0.4, -0.2) is 42.2 Å². The van der Waals surface area contributed by atoms with Crippen molar-refractivity contribution in [1.29, 1.82) is 0 Å². The molecule has 1 heterocycles. The highest BCUT2D eigenvalue weighted by Crippen LogP contribution is 2.37. The van der Waals surface area contributed by atoms with Gasteiger partial charge in [-0.1, -0.05) is 65.1 Å². The van der Waals surface area contributed by atoms with E-state index >= 15 is 0 Å². The minimum Gasteiger partial charge on any atom is -0.455 e. The van der Waals surface area contributed by atoms with Gasteiger partial charge in [-0.25, -0.2) is 0 Å². The molecule has 2 aromatic carbocycles. The van der Waals surface area contributed by atoms with E-state index in [2.05, 4.69) is 24.3 Å². The molecule has 160 valence electrons. The number of esters is 1. The van der Waals surface area contributed by atoms with Crippen molar-refractivity contribution < 1.29 is 14.3 Å². The van der Waals surface area contributed by atoms with Gasteiger partial charge in [0.2, 0.25) is 0 Å². The molecule has 3 rings (SSSR count). The van der Waals surface area contributed by atoms with Crippen LogP contribution in [-0.2, 0) is 20.7 Å². The minimum absolute atomic E-state index is 0.0319. The highest BCUT2D eigenvalue weighted by molar-refractivity contribution is 8.00. The maximum absolute atomic E-state index is 12.4. The fourth-order valence-electron chi connectivity index (χ4n) is 3.37. The molecule has 1 fully saturated rings. The van der Waals surface area contributed by atoms with Crippen molar-refractivity contribution in [3.05, 3.63) is 63.1 Å². The number of ether oxygens (including phenoxy) is 1. The third-order valence-corrected chi connectivity index (χ3v) is 7.47. The van der Waals surface area contributed by atoms with Gasteiger partial charge in [0.15, 0.2) is 6.61 Å². The van der Waals surface area contributed by atoms with Crippen LogP contribution in [0.5, 0.6) is 0 Å². The van der Waals surface area contributed by atoms with Crippen molar-refractivity contribution in [1.82, 2.24) is 4.90 Å². The topological polar surface area (TPSA) is 46.6 Å². The van der Waals surface area contributed by atoms with E-state index in [1.807, 2.05) is 6.07 Å². The predicted molar refractivity (Wildman–Crippen MR) is 123 cm³/mol. The SMILES string of the molecule is O=C(CSc1ccc(Cl)c(Cl)c1Cl)OCC(=O)N1CCC(Cc2ccccc2)CC1. The average Bonchev–Trinajstić information content (AvgIpc) is 2.76. The molecular formula is C22H22Cl3NO3S. The Hall–Kier alpha value is -1.40. The molecule has 8 heteroatoms. The maximum Gasteiger partial charge on any atom is 0.316 e. The lowest BCUT2D eigenvalue weighted by atomic mass is 9.90. The average molecular weight is 487 g/mol. The summed E-state index contributed by atoms with van der Waals surface area (Å²) in [6.45, 7) is 1.15. The van der Waals surface area contributed by atoms with Crippen LogP contribution in [0, 0.1) is 5.92 Å². The number of halogens is 3. The van der Waals surface area contributed by atoms with E-state index in [-0.39, 0.29) is 23.3 Å². The van der Waals surface area contributed by atoms with E-state index in [1.165, 1.54) is 17.3 Å². The molecule has 30 heavy (non-hydrogen) atoms. The van der Waals surface area contributed by atoms with Crippen LogP contribution in [0.2, 0.25) is 15.1 Å². The molecule has 0 atom stereocenters. The van der Waals surface area contributed by atoms with Crippen LogP contribution >= 0.6 is 46.6 Å². The minimum atomic E-state index is -0.477. The summed E-state index contributed by atoms with van der Waals surface area (Å²) in [4.78, 5) is 26.8. The summed E-state index contributed by atoms with van der Waals surface area (Å²) in [6.07, 6.45) is 2.95. The summed E-state index contributed by atoms with van der Waals surface area (Å²) in [6, 6.07) is 13.7. The number of amides is 1. The first-order valence-electron chi connectivity index (χ1n) is 9.67. The van der Waals surface area contributed by atoms with Gasteiger partial charge in [-0.05, 0) is 42.9 Å². The standard InChI is InChI=1S/C22H22Cl3NO3S/c23-17-6-7-18(22(25)21(17)24)30-14-20(28)29-13-19(27)26-10-8-16(9-11-26)12-15-4-2-1-3-5-15/h1-7,16H,8-14H2. The molecule has 0 aromatic heterocycles. The summed E-state index contributed by atoms with van der Waals surface area (Å²) in [5.74, 6) is -0.0238. The van der Waals surface area contributed by atoms with Crippen LogP contribution < -0.4 is 0 Å². The number of rotatable bonds is 7. The Balaban J connectivity index is 1.37. The lowest BCUT2D eigenvalue weighted by Gasteiger charge is -2.32. The van der Waals surface area contributed by atoms with Crippen molar-refractivity contribution in [3.8, 4) is 0 Å². The highest BCUT2D eigenvalue weighted by atomic mass is 35.5. The second-order valence-corrected chi connectivity index (χ2v) is 9.32. The number of piperidine rings is 1. The number of carbonyl (C=O) groups is 2. The largest absolute Gasteiger partial charge is 0.455 e. The molecular weight excluding hydrogens is 465 g/mol. The molecule has 2 aromatic rings. The molecule has 0 saturated carbocycles. The molecule has 1 amide bonds. The Labute approximate surface area is 195 Å². The van der Waals surface area contributed by atoms with E-state index in [0.29, 0.717) is 33.9 Å². The van der Waals surface area contributed by atoms with Gasteiger partial charge < -0.3 is 9.64 Å². The molecule has 4 nitrogen and oxygen atoms in total. The smallest absolute Gasteiger partial charge is 0.316 e. The lowest BCUT2D eigenvalue weighted by molar-refractivity contribution is -0.150. The second kappa shape index (κ2) is 11.3. The Morgan fingerprint density at radius 2 is 1.70 bits per heavy atom. The van der Waals surface area contributed by atoms with Gasteiger partial charge in [0.05, 0.1) is 20.8 Å². The van der Waals surface area contributed by atoms with Gasteiger partial charge in [0.25, 0.3) is 5.91 Å². The Morgan fingerprint density at radius 3 is 2.40 bits per heavy atom. The first-order valence-corrected chi connectivity index (χ1v) is 11.8. The third-order valence-electron chi connectivity index (χ3n) is 5.04. The Morgan fingerprint density at radius 1 is 1.00 bits per heavy atom. The van der Waals surface area contributed by atoms with Crippen LogP contribution in [0.15, 0.2) is 47.4 Å². The number of hydrogen-bond acceptors (Lipinski definition) is 4. The van der Waals surface area contributed by atoms with E-state index in [0.717, 1.165) is 19.3 Å². The highest BCUT2D eigenvalue weighted by Gasteiger charge is 2.23. The van der Waals surface area contributed by atoms with Gasteiger partial charge in [0, 0.05) is 18.0 Å². The summed E-state index contributed by atoms with van der Waals surface area (Å²) in [7, 11) is 0. The number of benzene rings is 2. The number of nitrogens with zero attached hydrogens (tertiary/aromatic N) is 1. The van der Waals surface area contributed by atoms with E-state index < -0.39 is 5.97 Å². The summed E-state index contributed by atoms with van der Waals surface area (Å²) < 4.78 is 5.14. The summed E-state index contributed by atoms with van der Waals surface area (Å²) in [5, 5.41) is 0.908. The molecule has 0 spiro atoms. The zero-order valence-corrected chi connectivity index (χ0v) is 19.4. The molecule has 1 saturated heterocycles. The van der Waals surface area contributed by atoms with E-state index in [4.69, 9.17) is 39.5 Å². The van der Waals surface area contributed by atoms with Crippen molar-refractivity contribution in [2.75, 3.05) is 25.4 Å². The molecule has 0 radical (unpaired) electrons. The summed E-state index contributed by atoms with van der Waals surface area (Å²) in [5.41, 5.74) is 1.33. The van der Waals surface area contributed by atoms with Gasteiger partial charge in [-0.15, -0.1) is 11.8 Å². The molecule has 0 bridgehead atoms. The zero-order valence-electron chi connectivity index (χ0n) is 16.3.